The van der Waals surface area contributed by atoms with Crippen molar-refractivity contribution in [1.29, 1.82) is 0 Å². The van der Waals surface area contributed by atoms with E-state index >= 15 is 0 Å². The van der Waals surface area contributed by atoms with Gasteiger partial charge in [-0.2, -0.15) is 5.10 Å². The Morgan fingerprint density at radius 2 is 2.26 bits per heavy atom. The van der Waals surface area contributed by atoms with Crippen molar-refractivity contribution in [2.75, 3.05) is 11.8 Å². The zero-order valence-electron chi connectivity index (χ0n) is 10.8. The third-order valence-electron chi connectivity index (χ3n) is 2.48. The molecule has 0 radical (unpaired) electrons. The summed E-state index contributed by atoms with van der Waals surface area (Å²) >= 11 is 1.21. The van der Waals surface area contributed by atoms with E-state index in [0.717, 1.165) is 5.56 Å². The number of aromatic nitrogens is 2. The molecule has 0 spiro atoms. The highest BCUT2D eigenvalue weighted by Crippen LogP contribution is 2.22. The Bertz CT molecular complexity index is 645. The summed E-state index contributed by atoms with van der Waals surface area (Å²) in [5.74, 6) is 0. The van der Waals surface area contributed by atoms with Crippen LogP contribution in [0.15, 0.2) is 28.0 Å². The molecule has 6 nitrogen and oxygen atoms in total. The third-order valence-corrected chi connectivity index (χ3v) is 5.35. The maximum atomic E-state index is 12.2. The van der Waals surface area contributed by atoms with Gasteiger partial charge < -0.3 is 5.32 Å². The Balaban J connectivity index is 2.16. The van der Waals surface area contributed by atoms with Crippen LogP contribution < -0.4 is 10.0 Å². The van der Waals surface area contributed by atoms with Crippen LogP contribution in [-0.4, -0.2) is 25.2 Å². The lowest BCUT2D eigenvalue weighted by Crippen LogP contribution is -2.11. The second kappa shape index (κ2) is 5.72. The van der Waals surface area contributed by atoms with E-state index in [-0.39, 0.29) is 0 Å². The van der Waals surface area contributed by atoms with Crippen LogP contribution in [0.4, 0.5) is 5.69 Å². The predicted octanol–water partition coefficient (Wildman–Crippen LogP) is 1.48. The number of nitrogens with zero attached hydrogens (tertiary/aromatic N) is 2. The van der Waals surface area contributed by atoms with Crippen LogP contribution in [0.3, 0.4) is 0 Å². The Morgan fingerprint density at radius 3 is 2.89 bits per heavy atom. The molecule has 0 saturated carbocycles. The highest BCUT2D eigenvalue weighted by atomic mass is 32.2. The van der Waals surface area contributed by atoms with Crippen LogP contribution in [0, 0.1) is 0 Å². The molecule has 0 fully saturated rings. The lowest BCUT2D eigenvalue weighted by atomic mass is 10.3. The number of anilines is 1. The van der Waals surface area contributed by atoms with E-state index in [9.17, 15) is 8.42 Å². The molecule has 2 aromatic rings. The van der Waals surface area contributed by atoms with E-state index in [0.29, 0.717) is 23.0 Å². The molecule has 104 valence electrons. The molecule has 2 rings (SSSR count). The van der Waals surface area contributed by atoms with E-state index in [1.54, 1.807) is 16.9 Å². The lowest BCUT2D eigenvalue weighted by molar-refractivity contribution is 0.603. The Morgan fingerprint density at radius 1 is 1.47 bits per heavy atom. The van der Waals surface area contributed by atoms with Crippen molar-refractivity contribution in [3.05, 3.63) is 29.4 Å². The van der Waals surface area contributed by atoms with E-state index in [2.05, 4.69) is 15.1 Å². The van der Waals surface area contributed by atoms with Gasteiger partial charge in [-0.25, -0.2) is 8.42 Å². The van der Waals surface area contributed by atoms with Crippen molar-refractivity contribution >= 4 is 27.0 Å². The first-order chi connectivity index (χ1) is 9.05. The molecule has 2 N–H and O–H groups in total. The van der Waals surface area contributed by atoms with Crippen LogP contribution in [0.1, 0.15) is 12.5 Å². The number of sulfonamides is 1. The number of nitrogens with one attached hydrogen (secondary N) is 2. The average molecular weight is 300 g/mol. The predicted molar refractivity (Wildman–Crippen MR) is 75.8 cm³/mol. The molecule has 0 amide bonds. The smallest absolute Gasteiger partial charge is 0.271 e. The molecular weight excluding hydrogens is 284 g/mol. The quantitative estimate of drug-likeness (QED) is 0.847. The van der Waals surface area contributed by atoms with Crippen molar-refractivity contribution in [3.8, 4) is 0 Å². The summed E-state index contributed by atoms with van der Waals surface area (Å²) in [7, 11) is -1.70. The summed E-state index contributed by atoms with van der Waals surface area (Å²) in [6, 6.07) is 1.67. The van der Waals surface area contributed by atoms with Crippen molar-refractivity contribution in [2.24, 2.45) is 0 Å². The molecule has 0 aliphatic heterocycles. The SMILES string of the molecule is CCn1cc(NS(=O)(=O)c2cc(CNC)cs2)cn1. The number of thiophene rings is 1. The summed E-state index contributed by atoms with van der Waals surface area (Å²) in [4.78, 5) is 0. The van der Waals surface area contributed by atoms with Gasteiger partial charge in [-0.3, -0.25) is 9.40 Å². The minimum Gasteiger partial charge on any atom is -0.316 e. The maximum absolute atomic E-state index is 12.2. The number of hydrogen-bond acceptors (Lipinski definition) is 5. The highest BCUT2D eigenvalue weighted by Gasteiger charge is 2.17. The molecule has 0 aliphatic rings. The first-order valence-electron chi connectivity index (χ1n) is 5.82. The van der Waals surface area contributed by atoms with Crippen LogP contribution >= 0.6 is 11.3 Å². The molecule has 0 aliphatic carbocycles. The minimum atomic E-state index is -3.52. The molecule has 0 saturated heterocycles. The first-order valence-corrected chi connectivity index (χ1v) is 8.18. The van der Waals surface area contributed by atoms with Crippen molar-refractivity contribution < 1.29 is 8.42 Å². The lowest BCUT2D eigenvalue weighted by Gasteiger charge is -2.02. The number of hydrogen-bond donors (Lipinski definition) is 2. The maximum Gasteiger partial charge on any atom is 0.271 e. The number of aryl methyl sites for hydroxylation is 1. The minimum absolute atomic E-state index is 0.307. The molecular formula is C11H16N4O2S2. The fourth-order valence-electron chi connectivity index (χ4n) is 1.59. The molecule has 8 heteroatoms. The van der Waals surface area contributed by atoms with E-state index in [1.807, 2.05) is 19.4 Å². The van der Waals surface area contributed by atoms with E-state index < -0.39 is 10.0 Å². The standard InChI is InChI=1S/C11H16N4O2S2/c1-3-15-7-10(6-13-15)14-19(16,17)11-4-9(5-12-2)8-18-11/h4,6-8,12,14H,3,5H2,1-2H3. The first kappa shape index (κ1) is 14.0. The van der Waals surface area contributed by atoms with Gasteiger partial charge in [0, 0.05) is 19.3 Å². The van der Waals surface area contributed by atoms with Crippen LogP contribution in [-0.2, 0) is 23.1 Å². The van der Waals surface area contributed by atoms with Gasteiger partial charge in [-0.1, -0.05) is 0 Å². The number of rotatable bonds is 6. The summed E-state index contributed by atoms with van der Waals surface area (Å²) < 4.78 is 28.8. The average Bonchev–Trinajstić information content (AvgIpc) is 2.98. The summed E-state index contributed by atoms with van der Waals surface area (Å²) in [6.07, 6.45) is 3.17. The third kappa shape index (κ3) is 3.34. The topological polar surface area (TPSA) is 76.0 Å². The van der Waals surface area contributed by atoms with E-state index in [1.165, 1.54) is 17.5 Å². The molecule has 19 heavy (non-hydrogen) atoms. The highest BCUT2D eigenvalue weighted by molar-refractivity contribution is 7.94. The van der Waals surface area contributed by atoms with Gasteiger partial charge in [0.15, 0.2) is 0 Å². The van der Waals surface area contributed by atoms with Gasteiger partial charge >= 0.3 is 0 Å². The van der Waals surface area contributed by atoms with E-state index in [4.69, 9.17) is 0 Å². The van der Waals surface area contributed by atoms with Crippen molar-refractivity contribution in [3.63, 3.8) is 0 Å². The summed E-state index contributed by atoms with van der Waals surface area (Å²) in [5, 5.41) is 8.85. The molecule has 2 heterocycles. The fourth-order valence-corrected chi connectivity index (χ4v) is 3.82. The second-order valence-electron chi connectivity index (χ2n) is 3.99. The normalized spacial score (nSPS) is 11.7. The zero-order chi connectivity index (χ0) is 13.9. The van der Waals surface area contributed by atoms with Gasteiger partial charge in [0.2, 0.25) is 0 Å². The molecule has 0 unspecified atom stereocenters. The van der Waals surface area contributed by atoms with Gasteiger partial charge in [-0.15, -0.1) is 11.3 Å². The van der Waals surface area contributed by atoms with Crippen LogP contribution in [0.25, 0.3) is 0 Å². The van der Waals surface area contributed by atoms with Crippen molar-refractivity contribution in [2.45, 2.75) is 24.2 Å². The van der Waals surface area contributed by atoms with Gasteiger partial charge in [-0.05, 0) is 31.0 Å². The van der Waals surface area contributed by atoms with Gasteiger partial charge in [0.05, 0.1) is 11.9 Å². The van der Waals surface area contributed by atoms with Crippen LogP contribution in [0.5, 0.6) is 0 Å². The second-order valence-corrected chi connectivity index (χ2v) is 6.81. The molecule has 0 bridgehead atoms. The Hall–Kier alpha value is -1.38. The van der Waals surface area contributed by atoms with Crippen LogP contribution in [0.2, 0.25) is 0 Å². The van der Waals surface area contributed by atoms with Gasteiger partial charge in [0.1, 0.15) is 4.21 Å². The van der Waals surface area contributed by atoms with Crippen molar-refractivity contribution in [1.82, 2.24) is 15.1 Å². The largest absolute Gasteiger partial charge is 0.316 e. The van der Waals surface area contributed by atoms with Gasteiger partial charge in [0.25, 0.3) is 10.0 Å². The Kier molecular flexibility index (Phi) is 4.23. The Labute approximate surface area is 116 Å². The summed E-state index contributed by atoms with van der Waals surface area (Å²) in [5.41, 5.74) is 1.43. The molecule has 2 aromatic heterocycles. The fraction of sp³-hybridized carbons (Fsp3) is 0.364. The zero-order valence-corrected chi connectivity index (χ0v) is 12.4. The molecule has 0 atom stereocenters. The molecule has 0 aromatic carbocycles. The monoisotopic (exact) mass is 300 g/mol. The summed E-state index contributed by atoms with van der Waals surface area (Å²) in [6.45, 7) is 3.29.